The van der Waals surface area contributed by atoms with Gasteiger partial charge in [0.2, 0.25) is 0 Å². The first-order valence-corrected chi connectivity index (χ1v) is 9.74. The van der Waals surface area contributed by atoms with E-state index in [1.165, 1.54) is 38.5 Å². The zero-order valence-corrected chi connectivity index (χ0v) is 15.4. The Morgan fingerprint density at radius 2 is 1.79 bits per heavy atom. The van der Waals surface area contributed by atoms with Crippen molar-refractivity contribution in [1.82, 2.24) is 9.55 Å². The number of aromatic amines is 1. The number of aryl methyl sites for hydroxylation is 1. The van der Waals surface area contributed by atoms with E-state index in [9.17, 15) is 10.2 Å². The molecular weight excluding hydrogens is 348 g/mol. The molecule has 3 N–H and O–H groups in total. The number of hydrogen-bond acceptors (Lipinski definition) is 2. The molecule has 4 heteroatoms. The molecule has 4 nitrogen and oxygen atoms in total. The number of aliphatic hydroxyl groups excluding tert-OH is 1. The molecule has 1 aliphatic rings. The van der Waals surface area contributed by atoms with Gasteiger partial charge in [0.05, 0.1) is 10.9 Å². The molecule has 5 aromatic rings. The van der Waals surface area contributed by atoms with Crippen LogP contribution in [0.25, 0.3) is 43.7 Å². The third-order valence-electron chi connectivity index (χ3n) is 6.13. The fraction of sp³-hybridized carbons (Fsp3) is 0.167. The predicted octanol–water partition coefficient (Wildman–Crippen LogP) is 4.94. The zero-order valence-electron chi connectivity index (χ0n) is 15.4. The Morgan fingerprint density at radius 3 is 2.68 bits per heavy atom. The van der Waals surface area contributed by atoms with Crippen LogP contribution in [0.5, 0.6) is 5.88 Å². The van der Waals surface area contributed by atoms with Gasteiger partial charge in [-0.3, -0.25) is 0 Å². The summed E-state index contributed by atoms with van der Waals surface area (Å²) in [5, 5.41) is 24.5. The van der Waals surface area contributed by atoms with E-state index in [2.05, 4.69) is 58.1 Å². The first-order chi connectivity index (χ1) is 13.8. The van der Waals surface area contributed by atoms with Crippen LogP contribution >= 0.6 is 0 Å². The summed E-state index contributed by atoms with van der Waals surface area (Å²) in [6, 6.07) is 16.9. The topological polar surface area (TPSA) is 61.2 Å². The summed E-state index contributed by atoms with van der Waals surface area (Å²) in [6.07, 6.45) is 3.50. The van der Waals surface area contributed by atoms with Gasteiger partial charge in [0.25, 0.3) is 0 Å². The molecule has 0 atom stereocenters. The van der Waals surface area contributed by atoms with E-state index in [4.69, 9.17) is 0 Å². The lowest BCUT2D eigenvalue weighted by Gasteiger charge is -2.11. The first-order valence-electron chi connectivity index (χ1n) is 9.74. The Morgan fingerprint density at radius 1 is 0.964 bits per heavy atom. The van der Waals surface area contributed by atoms with Crippen molar-refractivity contribution in [2.75, 3.05) is 6.61 Å². The number of para-hydroxylation sites is 1. The van der Waals surface area contributed by atoms with Crippen LogP contribution in [0.3, 0.4) is 0 Å². The van der Waals surface area contributed by atoms with Crippen molar-refractivity contribution in [2.24, 2.45) is 0 Å². The van der Waals surface area contributed by atoms with Crippen molar-refractivity contribution in [3.63, 3.8) is 0 Å². The third kappa shape index (κ3) is 1.88. The monoisotopic (exact) mass is 368 g/mol. The van der Waals surface area contributed by atoms with Crippen LogP contribution in [0.2, 0.25) is 0 Å². The molecule has 0 aliphatic heterocycles. The largest absolute Gasteiger partial charge is 0.494 e. The number of fused-ring (bicyclic) bond motifs is 10. The standard InChI is InChI=1S/C24H20N2O2/c27-11-5-10-26-19-9-4-3-8-16(19)21-18-13-25-24(28)22(18)20-15-7-2-1-6-14(15)12-17(20)23(21)26/h1-4,6-9,13,25,27-28H,5,10-12H2. The van der Waals surface area contributed by atoms with E-state index in [1.54, 1.807) is 0 Å². The first kappa shape index (κ1) is 15.8. The minimum atomic E-state index is 0.170. The molecule has 2 aromatic heterocycles. The van der Waals surface area contributed by atoms with Crippen molar-refractivity contribution in [2.45, 2.75) is 19.4 Å². The van der Waals surface area contributed by atoms with E-state index in [0.29, 0.717) is 6.42 Å². The number of rotatable bonds is 3. The zero-order chi connectivity index (χ0) is 18.8. The fourth-order valence-electron chi connectivity index (χ4n) is 5.06. The van der Waals surface area contributed by atoms with Gasteiger partial charge in [0.1, 0.15) is 0 Å². The van der Waals surface area contributed by atoms with Crippen molar-refractivity contribution < 1.29 is 10.2 Å². The van der Waals surface area contributed by atoms with E-state index in [0.717, 1.165) is 29.3 Å². The van der Waals surface area contributed by atoms with Gasteiger partial charge in [-0.05, 0) is 29.2 Å². The van der Waals surface area contributed by atoms with Gasteiger partial charge in [-0.1, -0.05) is 42.5 Å². The van der Waals surface area contributed by atoms with Crippen molar-refractivity contribution >= 4 is 32.6 Å². The molecule has 0 fully saturated rings. The number of aliphatic hydroxyl groups is 1. The Labute approximate surface area is 161 Å². The molecule has 0 spiro atoms. The minimum Gasteiger partial charge on any atom is -0.494 e. The number of H-pyrrole nitrogens is 1. The predicted molar refractivity (Wildman–Crippen MR) is 113 cm³/mol. The second-order valence-corrected chi connectivity index (χ2v) is 7.58. The molecule has 0 saturated carbocycles. The van der Waals surface area contributed by atoms with Gasteiger partial charge < -0.3 is 19.8 Å². The van der Waals surface area contributed by atoms with Crippen LogP contribution < -0.4 is 0 Å². The molecule has 0 bridgehead atoms. The minimum absolute atomic E-state index is 0.170. The highest BCUT2D eigenvalue weighted by atomic mass is 16.3. The molecule has 6 rings (SSSR count). The number of benzene rings is 3. The van der Waals surface area contributed by atoms with Gasteiger partial charge in [-0.25, -0.2) is 0 Å². The highest BCUT2D eigenvalue weighted by molar-refractivity contribution is 6.26. The molecule has 138 valence electrons. The van der Waals surface area contributed by atoms with Gasteiger partial charge in [-0.15, -0.1) is 0 Å². The normalized spacial score (nSPS) is 12.9. The highest BCUT2D eigenvalue weighted by Crippen LogP contribution is 2.50. The number of nitrogens with zero attached hydrogens (tertiary/aromatic N) is 1. The Hall–Kier alpha value is -3.24. The van der Waals surface area contributed by atoms with Gasteiger partial charge in [0, 0.05) is 53.0 Å². The average Bonchev–Trinajstić information content (AvgIpc) is 3.38. The van der Waals surface area contributed by atoms with Crippen LogP contribution in [-0.4, -0.2) is 26.4 Å². The number of nitrogens with one attached hydrogen (secondary N) is 1. The highest BCUT2D eigenvalue weighted by Gasteiger charge is 2.29. The van der Waals surface area contributed by atoms with Crippen molar-refractivity contribution in [3.8, 4) is 17.0 Å². The SMILES string of the molecule is OCCCn1c2ccccc2c2c3c[nH]c(O)c3c3c(c21)Cc1ccccc1-3. The second-order valence-electron chi connectivity index (χ2n) is 7.58. The maximum absolute atomic E-state index is 10.7. The van der Waals surface area contributed by atoms with Crippen LogP contribution in [-0.2, 0) is 13.0 Å². The summed E-state index contributed by atoms with van der Waals surface area (Å²) in [4.78, 5) is 3.05. The van der Waals surface area contributed by atoms with E-state index >= 15 is 0 Å². The van der Waals surface area contributed by atoms with Crippen LogP contribution in [0, 0.1) is 0 Å². The summed E-state index contributed by atoms with van der Waals surface area (Å²) in [5.41, 5.74) is 7.33. The number of aromatic nitrogens is 2. The van der Waals surface area contributed by atoms with E-state index in [-0.39, 0.29) is 12.5 Å². The smallest absolute Gasteiger partial charge is 0.197 e. The lowest BCUT2D eigenvalue weighted by atomic mass is 9.96. The molecule has 0 unspecified atom stereocenters. The lowest BCUT2D eigenvalue weighted by molar-refractivity contribution is 0.281. The average molecular weight is 368 g/mol. The van der Waals surface area contributed by atoms with Gasteiger partial charge >= 0.3 is 0 Å². The summed E-state index contributed by atoms with van der Waals surface area (Å²) in [6.45, 7) is 0.939. The second kappa shape index (κ2) is 5.63. The van der Waals surface area contributed by atoms with Crippen LogP contribution in [0.1, 0.15) is 17.5 Å². The molecule has 0 saturated heterocycles. The molecule has 1 aliphatic carbocycles. The van der Waals surface area contributed by atoms with E-state index in [1.807, 2.05) is 6.20 Å². The Bertz CT molecular complexity index is 1390. The van der Waals surface area contributed by atoms with Crippen LogP contribution in [0.4, 0.5) is 0 Å². The van der Waals surface area contributed by atoms with Gasteiger partial charge in [-0.2, -0.15) is 0 Å². The molecule has 3 aromatic carbocycles. The molecule has 0 radical (unpaired) electrons. The van der Waals surface area contributed by atoms with Crippen molar-refractivity contribution in [1.29, 1.82) is 0 Å². The van der Waals surface area contributed by atoms with E-state index < -0.39 is 0 Å². The quantitative estimate of drug-likeness (QED) is 0.414. The summed E-state index contributed by atoms with van der Waals surface area (Å²) >= 11 is 0. The summed E-state index contributed by atoms with van der Waals surface area (Å²) in [5.74, 6) is 0.233. The summed E-state index contributed by atoms with van der Waals surface area (Å²) in [7, 11) is 0. The molecular formula is C24H20N2O2. The van der Waals surface area contributed by atoms with Crippen LogP contribution in [0.15, 0.2) is 54.7 Å². The maximum atomic E-state index is 10.7. The summed E-state index contributed by atoms with van der Waals surface area (Å²) < 4.78 is 2.36. The number of aromatic hydroxyl groups is 1. The molecule has 28 heavy (non-hydrogen) atoms. The fourth-order valence-corrected chi connectivity index (χ4v) is 5.06. The third-order valence-corrected chi connectivity index (χ3v) is 6.13. The van der Waals surface area contributed by atoms with Crippen molar-refractivity contribution in [3.05, 3.63) is 65.9 Å². The Balaban J connectivity index is 1.87. The number of hydrogen-bond donors (Lipinski definition) is 3. The Kier molecular flexibility index (Phi) is 3.17. The maximum Gasteiger partial charge on any atom is 0.197 e. The van der Waals surface area contributed by atoms with Gasteiger partial charge in [0.15, 0.2) is 5.88 Å². The lowest BCUT2D eigenvalue weighted by Crippen LogP contribution is -2.01. The molecule has 0 amide bonds. The molecule has 2 heterocycles.